The van der Waals surface area contributed by atoms with Gasteiger partial charge < -0.3 is 23.5 Å². The molecule has 0 radical (unpaired) electrons. The number of hydrogen-bond acceptors (Lipinski definition) is 5. The Kier molecular flexibility index (Phi) is 8.96. The third kappa shape index (κ3) is 6.47. The van der Waals surface area contributed by atoms with E-state index in [-0.39, 0.29) is 16.8 Å². The van der Waals surface area contributed by atoms with Crippen LogP contribution in [-0.2, 0) is 22.2 Å². The summed E-state index contributed by atoms with van der Waals surface area (Å²) in [5.41, 5.74) is 1.26. The van der Waals surface area contributed by atoms with Crippen LogP contribution in [0.2, 0.25) is 18.1 Å². The summed E-state index contributed by atoms with van der Waals surface area (Å²) in [7, 11) is 2.78. The summed E-state index contributed by atoms with van der Waals surface area (Å²) in [6.45, 7) is 12.7. The van der Waals surface area contributed by atoms with Gasteiger partial charge in [-0.1, -0.05) is 32.9 Å². The highest BCUT2D eigenvalue weighted by Crippen LogP contribution is 2.43. The Hall–Kier alpha value is -2.58. The van der Waals surface area contributed by atoms with Crippen molar-refractivity contribution in [3.63, 3.8) is 0 Å². The van der Waals surface area contributed by atoms with E-state index in [4.69, 9.17) is 18.6 Å². The SMILES string of the molecule is COc1cc(CN2CCC(CCO[Si](C)(C)C(C)(C)C)(Cc3ccc(F)cc3)C2=O)cc(OC)c1OC. The number of ether oxygens (including phenoxy) is 3. The monoisotopic (exact) mass is 531 g/mol. The van der Waals surface area contributed by atoms with Crippen molar-refractivity contribution in [2.45, 2.75) is 64.7 Å². The van der Waals surface area contributed by atoms with Crippen LogP contribution >= 0.6 is 0 Å². The average Bonchev–Trinajstić information content (AvgIpc) is 3.13. The highest BCUT2D eigenvalue weighted by Gasteiger charge is 2.47. The fourth-order valence-electron chi connectivity index (χ4n) is 4.69. The van der Waals surface area contributed by atoms with Crippen molar-refractivity contribution in [1.82, 2.24) is 4.90 Å². The lowest BCUT2D eigenvalue weighted by Crippen LogP contribution is -2.43. The summed E-state index contributed by atoms with van der Waals surface area (Å²) in [6, 6.07) is 10.2. The normalized spacial score (nSPS) is 18.3. The molecular weight excluding hydrogens is 489 g/mol. The van der Waals surface area contributed by atoms with Gasteiger partial charge in [-0.05, 0) is 72.8 Å². The van der Waals surface area contributed by atoms with Gasteiger partial charge in [-0.25, -0.2) is 4.39 Å². The van der Waals surface area contributed by atoms with E-state index in [0.29, 0.717) is 56.2 Å². The molecule has 1 aliphatic rings. The molecule has 0 N–H and O–H groups in total. The van der Waals surface area contributed by atoms with Crippen molar-refractivity contribution >= 4 is 14.2 Å². The van der Waals surface area contributed by atoms with Gasteiger partial charge in [-0.15, -0.1) is 0 Å². The van der Waals surface area contributed by atoms with E-state index >= 15 is 0 Å². The summed E-state index contributed by atoms with van der Waals surface area (Å²) >= 11 is 0. The number of benzene rings is 2. The summed E-state index contributed by atoms with van der Waals surface area (Å²) in [4.78, 5) is 15.9. The van der Waals surface area contributed by atoms with Crippen molar-refractivity contribution in [2.75, 3.05) is 34.5 Å². The number of rotatable bonds is 11. The van der Waals surface area contributed by atoms with E-state index < -0.39 is 13.7 Å². The molecule has 1 heterocycles. The maximum absolute atomic E-state index is 14.0. The number of methoxy groups -OCH3 is 3. The zero-order valence-electron chi connectivity index (χ0n) is 23.6. The maximum Gasteiger partial charge on any atom is 0.229 e. The molecule has 1 saturated heterocycles. The molecule has 0 saturated carbocycles. The van der Waals surface area contributed by atoms with E-state index in [0.717, 1.165) is 11.1 Å². The largest absolute Gasteiger partial charge is 0.493 e. The van der Waals surface area contributed by atoms with Gasteiger partial charge >= 0.3 is 0 Å². The topological polar surface area (TPSA) is 57.2 Å². The molecule has 37 heavy (non-hydrogen) atoms. The zero-order valence-corrected chi connectivity index (χ0v) is 24.6. The third-order valence-corrected chi connectivity index (χ3v) is 12.5. The lowest BCUT2D eigenvalue weighted by atomic mass is 9.77. The van der Waals surface area contributed by atoms with Crippen LogP contribution in [0.5, 0.6) is 17.2 Å². The number of hydrogen-bond donors (Lipinski definition) is 0. The number of carbonyl (C=O) groups excluding carboxylic acids is 1. The first kappa shape index (κ1) is 29.0. The average molecular weight is 532 g/mol. The maximum atomic E-state index is 14.0. The first-order valence-electron chi connectivity index (χ1n) is 12.8. The lowest BCUT2D eigenvalue weighted by molar-refractivity contribution is -0.137. The van der Waals surface area contributed by atoms with Crippen molar-refractivity contribution in [3.05, 3.63) is 53.3 Å². The van der Waals surface area contributed by atoms with Gasteiger partial charge in [-0.3, -0.25) is 4.79 Å². The quantitative estimate of drug-likeness (QED) is 0.322. The Balaban J connectivity index is 1.85. The van der Waals surface area contributed by atoms with Gasteiger partial charge in [0.05, 0.1) is 26.7 Å². The molecule has 6 nitrogen and oxygen atoms in total. The van der Waals surface area contributed by atoms with E-state index in [1.807, 2.05) is 17.0 Å². The number of likely N-dealkylation sites (tertiary alicyclic amines) is 1. The molecule has 204 valence electrons. The van der Waals surface area contributed by atoms with Crippen LogP contribution in [0.4, 0.5) is 4.39 Å². The first-order chi connectivity index (χ1) is 17.4. The molecule has 0 aliphatic carbocycles. The van der Waals surface area contributed by atoms with E-state index in [2.05, 4.69) is 33.9 Å². The van der Waals surface area contributed by atoms with Crippen LogP contribution in [-0.4, -0.2) is 53.6 Å². The van der Waals surface area contributed by atoms with Crippen LogP contribution in [0.1, 0.15) is 44.7 Å². The van der Waals surface area contributed by atoms with E-state index in [9.17, 15) is 9.18 Å². The summed E-state index contributed by atoms with van der Waals surface area (Å²) in [5, 5.41) is 0.0926. The molecule has 2 aromatic carbocycles. The number of carbonyl (C=O) groups is 1. The van der Waals surface area contributed by atoms with Crippen LogP contribution in [0, 0.1) is 11.2 Å². The molecule has 1 aliphatic heterocycles. The Labute approximate surface area is 222 Å². The summed E-state index contributed by atoms with van der Waals surface area (Å²) < 4.78 is 36.5. The molecule has 0 aromatic heterocycles. The minimum Gasteiger partial charge on any atom is -0.493 e. The molecule has 8 heteroatoms. The van der Waals surface area contributed by atoms with Crippen LogP contribution in [0.3, 0.4) is 0 Å². The van der Waals surface area contributed by atoms with Crippen molar-refractivity contribution in [3.8, 4) is 17.2 Å². The van der Waals surface area contributed by atoms with E-state index in [1.54, 1.807) is 33.5 Å². The highest BCUT2D eigenvalue weighted by molar-refractivity contribution is 6.74. The van der Waals surface area contributed by atoms with Gasteiger partial charge in [0.2, 0.25) is 11.7 Å². The number of halogens is 1. The first-order valence-corrected chi connectivity index (χ1v) is 15.7. The molecule has 0 spiro atoms. The van der Waals surface area contributed by atoms with Crippen molar-refractivity contribution < 1.29 is 27.8 Å². The molecule has 2 aromatic rings. The number of amides is 1. The standard InChI is InChI=1S/C29H42FNO5Si/c1-28(2,3)37(7,8)36-16-14-29(19-21-9-11-23(30)12-10-21)13-15-31(27(29)32)20-22-17-24(33-4)26(35-6)25(18-22)34-5/h9-12,17-18H,13-16,19-20H2,1-8H3. The van der Waals surface area contributed by atoms with Crippen LogP contribution in [0.15, 0.2) is 36.4 Å². The van der Waals surface area contributed by atoms with E-state index in [1.165, 1.54) is 12.1 Å². The highest BCUT2D eigenvalue weighted by atomic mass is 28.4. The molecule has 1 amide bonds. The summed E-state index contributed by atoms with van der Waals surface area (Å²) in [6.07, 6.45) is 1.90. The minimum absolute atomic E-state index is 0.0926. The molecule has 3 rings (SSSR count). The predicted octanol–water partition coefficient (Wildman–Crippen LogP) is 6.22. The van der Waals surface area contributed by atoms with Gasteiger partial charge in [-0.2, -0.15) is 0 Å². The van der Waals surface area contributed by atoms with Crippen molar-refractivity contribution in [2.24, 2.45) is 5.41 Å². The Morgan fingerprint density at radius 3 is 2.08 bits per heavy atom. The lowest BCUT2D eigenvalue weighted by Gasteiger charge is -2.37. The molecular formula is C29H42FNO5Si. The second kappa shape index (κ2) is 11.4. The Morgan fingerprint density at radius 1 is 0.973 bits per heavy atom. The predicted molar refractivity (Wildman–Crippen MR) is 146 cm³/mol. The minimum atomic E-state index is -1.95. The number of nitrogens with zero attached hydrogens (tertiary/aromatic N) is 1. The summed E-state index contributed by atoms with van der Waals surface area (Å²) in [5.74, 6) is 1.47. The van der Waals surface area contributed by atoms with Gasteiger partial charge in [0, 0.05) is 19.7 Å². The van der Waals surface area contributed by atoms with Gasteiger partial charge in [0.15, 0.2) is 19.8 Å². The molecule has 1 fully saturated rings. The second-order valence-corrected chi connectivity index (χ2v) is 16.3. The molecule has 1 atom stereocenters. The van der Waals surface area contributed by atoms with Crippen LogP contribution < -0.4 is 14.2 Å². The second-order valence-electron chi connectivity index (χ2n) is 11.5. The van der Waals surface area contributed by atoms with Crippen LogP contribution in [0.25, 0.3) is 0 Å². The smallest absolute Gasteiger partial charge is 0.229 e. The Morgan fingerprint density at radius 2 is 1.57 bits per heavy atom. The molecule has 0 bridgehead atoms. The molecule has 1 unspecified atom stereocenters. The fraction of sp³-hybridized carbons (Fsp3) is 0.552. The Bertz CT molecular complexity index is 1060. The zero-order chi connectivity index (χ0) is 27.4. The van der Waals surface area contributed by atoms with Gasteiger partial charge in [0.1, 0.15) is 5.82 Å². The van der Waals surface area contributed by atoms with Crippen molar-refractivity contribution in [1.29, 1.82) is 0 Å². The third-order valence-electron chi connectivity index (χ3n) is 8.00. The fourth-order valence-corrected chi connectivity index (χ4v) is 5.73. The van der Waals surface area contributed by atoms with Gasteiger partial charge in [0.25, 0.3) is 0 Å².